The van der Waals surface area contributed by atoms with Crippen molar-refractivity contribution in [3.05, 3.63) is 72.8 Å². The summed E-state index contributed by atoms with van der Waals surface area (Å²) in [5.41, 5.74) is 5.53. The van der Waals surface area contributed by atoms with Crippen LogP contribution in [-0.2, 0) is 0 Å². The molecule has 4 rings (SSSR count). The summed E-state index contributed by atoms with van der Waals surface area (Å²) in [5.74, 6) is 1.76. The van der Waals surface area contributed by atoms with Crippen molar-refractivity contribution in [2.75, 3.05) is 13.2 Å². The van der Waals surface area contributed by atoms with E-state index in [1.165, 1.54) is 0 Å². The molecule has 1 aromatic heterocycles. The predicted octanol–water partition coefficient (Wildman–Crippen LogP) is 7.32. The molecule has 1 heterocycles. The standard InChI is InChI=1S/C28H30N2O2/c1-3-5-19-31-23-15-11-21(12-16-23)27-28(30-26-10-8-7-9-25(26)29-27)22-13-17-24(18-14-22)32-20-6-4-2/h7-18H,3-6,19-20H2,1-2H3. The Kier molecular flexibility index (Phi) is 7.34. The average molecular weight is 427 g/mol. The highest BCUT2D eigenvalue weighted by molar-refractivity contribution is 5.86. The Morgan fingerprint density at radius 3 is 1.34 bits per heavy atom. The minimum absolute atomic E-state index is 0.740. The fourth-order valence-corrected chi connectivity index (χ4v) is 3.49. The topological polar surface area (TPSA) is 44.2 Å². The van der Waals surface area contributed by atoms with E-state index in [0.29, 0.717) is 0 Å². The van der Waals surface area contributed by atoms with E-state index in [9.17, 15) is 0 Å². The highest BCUT2D eigenvalue weighted by Gasteiger charge is 2.13. The number of aromatic nitrogens is 2. The van der Waals surface area contributed by atoms with Crippen molar-refractivity contribution in [3.63, 3.8) is 0 Å². The van der Waals surface area contributed by atoms with E-state index in [1.54, 1.807) is 0 Å². The minimum atomic E-state index is 0.740. The van der Waals surface area contributed by atoms with Crippen LogP contribution in [0, 0.1) is 0 Å². The molecule has 0 saturated heterocycles. The molecule has 0 spiro atoms. The molecule has 4 nitrogen and oxygen atoms in total. The molecule has 0 atom stereocenters. The van der Waals surface area contributed by atoms with Crippen LogP contribution in [0.3, 0.4) is 0 Å². The highest BCUT2D eigenvalue weighted by atomic mass is 16.5. The molecule has 0 aliphatic carbocycles. The van der Waals surface area contributed by atoms with E-state index >= 15 is 0 Å². The number of unbranched alkanes of at least 4 members (excludes halogenated alkanes) is 2. The van der Waals surface area contributed by atoms with E-state index in [0.717, 1.165) is 83.9 Å². The van der Waals surface area contributed by atoms with Gasteiger partial charge in [-0.05, 0) is 73.5 Å². The second-order valence-electron chi connectivity index (χ2n) is 7.86. The van der Waals surface area contributed by atoms with Crippen molar-refractivity contribution in [2.45, 2.75) is 39.5 Å². The van der Waals surface area contributed by atoms with Gasteiger partial charge in [-0.25, -0.2) is 9.97 Å². The molecule has 3 aromatic carbocycles. The smallest absolute Gasteiger partial charge is 0.119 e. The second kappa shape index (κ2) is 10.8. The SMILES string of the molecule is CCCCOc1ccc(-c2nc3ccccc3nc2-c2ccc(OCCCC)cc2)cc1. The Labute approximate surface area is 190 Å². The van der Waals surface area contributed by atoms with E-state index in [-0.39, 0.29) is 0 Å². The molecule has 0 saturated carbocycles. The maximum atomic E-state index is 5.83. The van der Waals surface area contributed by atoms with Gasteiger partial charge in [0.25, 0.3) is 0 Å². The summed E-state index contributed by atoms with van der Waals surface area (Å²) >= 11 is 0. The summed E-state index contributed by atoms with van der Waals surface area (Å²) in [6, 6.07) is 24.3. The minimum Gasteiger partial charge on any atom is -0.494 e. The Bertz CT molecular complexity index is 1050. The first-order valence-electron chi connectivity index (χ1n) is 11.5. The zero-order valence-electron chi connectivity index (χ0n) is 18.9. The van der Waals surface area contributed by atoms with Crippen LogP contribution in [0.15, 0.2) is 72.8 Å². The zero-order chi connectivity index (χ0) is 22.2. The van der Waals surface area contributed by atoms with Crippen LogP contribution in [0.1, 0.15) is 39.5 Å². The molecule has 0 aliphatic heterocycles. The van der Waals surface area contributed by atoms with E-state index < -0.39 is 0 Å². The van der Waals surface area contributed by atoms with Gasteiger partial charge in [0.2, 0.25) is 0 Å². The lowest BCUT2D eigenvalue weighted by Crippen LogP contribution is -1.98. The average Bonchev–Trinajstić information content (AvgIpc) is 2.84. The van der Waals surface area contributed by atoms with Crippen LogP contribution in [0.4, 0.5) is 0 Å². The number of ether oxygens (including phenoxy) is 2. The Morgan fingerprint density at radius 1 is 0.562 bits per heavy atom. The molecule has 4 heteroatoms. The molecule has 0 bridgehead atoms. The van der Waals surface area contributed by atoms with Gasteiger partial charge >= 0.3 is 0 Å². The Hall–Kier alpha value is -3.40. The summed E-state index contributed by atoms with van der Waals surface area (Å²) in [6.45, 7) is 5.81. The van der Waals surface area contributed by atoms with Crippen LogP contribution in [0.25, 0.3) is 33.5 Å². The van der Waals surface area contributed by atoms with Crippen molar-refractivity contribution < 1.29 is 9.47 Å². The molecule has 0 N–H and O–H groups in total. The van der Waals surface area contributed by atoms with Crippen molar-refractivity contribution >= 4 is 11.0 Å². The first-order valence-corrected chi connectivity index (χ1v) is 11.5. The van der Waals surface area contributed by atoms with Gasteiger partial charge in [-0.2, -0.15) is 0 Å². The third-order valence-corrected chi connectivity index (χ3v) is 5.36. The molecule has 0 amide bonds. The molecular weight excluding hydrogens is 396 g/mol. The molecule has 4 aromatic rings. The van der Waals surface area contributed by atoms with Crippen molar-refractivity contribution in [1.82, 2.24) is 9.97 Å². The predicted molar refractivity (Wildman–Crippen MR) is 131 cm³/mol. The molecular formula is C28H30N2O2. The third-order valence-electron chi connectivity index (χ3n) is 5.36. The molecule has 0 radical (unpaired) electrons. The molecule has 164 valence electrons. The number of benzene rings is 3. The summed E-state index contributed by atoms with van der Waals surface area (Å²) in [6.07, 6.45) is 4.35. The lowest BCUT2D eigenvalue weighted by Gasteiger charge is -2.12. The summed E-state index contributed by atoms with van der Waals surface area (Å²) < 4.78 is 11.7. The lowest BCUT2D eigenvalue weighted by molar-refractivity contribution is 0.309. The Morgan fingerprint density at radius 2 is 0.969 bits per heavy atom. The second-order valence-corrected chi connectivity index (χ2v) is 7.86. The first-order chi connectivity index (χ1) is 15.8. The fourth-order valence-electron chi connectivity index (χ4n) is 3.49. The molecule has 0 aliphatic rings. The van der Waals surface area contributed by atoms with Gasteiger partial charge in [-0.1, -0.05) is 38.8 Å². The number of para-hydroxylation sites is 2. The number of hydrogen-bond donors (Lipinski definition) is 0. The number of fused-ring (bicyclic) bond motifs is 1. The first kappa shape index (κ1) is 21.8. The van der Waals surface area contributed by atoms with E-state index in [4.69, 9.17) is 19.4 Å². The van der Waals surface area contributed by atoms with Gasteiger partial charge in [-0.15, -0.1) is 0 Å². The number of hydrogen-bond acceptors (Lipinski definition) is 4. The maximum absolute atomic E-state index is 5.83. The quantitative estimate of drug-likeness (QED) is 0.249. The maximum Gasteiger partial charge on any atom is 0.119 e. The third kappa shape index (κ3) is 5.25. The largest absolute Gasteiger partial charge is 0.494 e. The van der Waals surface area contributed by atoms with Crippen LogP contribution in [0.2, 0.25) is 0 Å². The fraction of sp³-hybridized carbons (Fsp3) is 0.286. The van der Waals surface area contributed by atoms with Gasteiger partial charge < -0.3 is 9.47 Å². The zero-order valence-corrected chi connectivity index (χ0v) is 18.9. The van der Waals surface area contributed by atoms with Crippen LogP contribution >= 0.6 is 0 Å². The Balaban J connectivity index is 1.68. The van der Waals surface area contributed by atoms with Crippen molar-refractivity contribution in [1.29, 1.82) is 0 Å². The summed E-state index contributed by atoms with van der Waals surface area (Å²) in [5, 5.41) is 0. The van der Waals surface area contributed by atoms with Crippen molar-refractivity contribution in [2.24, 2.45) is 0 Å². The van der Waals surface area contributed by atoms with Crippen LogP contribution in [-0.4, -0.2) is 23.2 Å². The summed E-state index contributed by atoms with van der Waals surface area (Å²) in [7, 11) is 0. The van der Waals surface area contributed by atoms with E-state index in [1.807, 2.05) is 48.5 Å². The number of rotatable bonds is 10. The van der Waals surface area contributed by atoms with Crippen LogP contribution in [0.5, 0.6) is 11.5 Å². The molecule has 32 heavy (non-hydrogen) atoms. The molecule has 0 fully saturated rings. The number of nitrogens with zero attached hydrogens (tertiary/aromatic N) is 2. The van der Waals surface area contributed by atoms with E-state index in [2.05, 4.69) is 38.1 Å². The summed E-state index contributed by atoms with van der Waals surface area (Å²) in [4.78, 5) is 9.95. The van der Waals surface area contributed by atoms with Crippen molar-refractivity contribution in [3.8, 4) is 34.0 Å². The van der Waals surface area contributed by atoms with Gasteiger partial charge in [0.05, 0.1) is 35.6 Å². The van der Waals surface area contributed by atoms with Gasteiger partial charge in [-0.3, -0.25) is 0 Å². The monoisotopic (exact) mass is 426 g/mol. The lowest BCUT2D eigenvalue weighted by atomic mass is 10.0. The highest BCUT2D eigenvalue weighted by Crippen LogP contribution is 2.32. The van der Waals surface area contributed by atoms with Gasteiger partial charge in [0, 0.05) is 11.1 Å². The van der Waals surface area contributed by atoms with Gasteiger partial charge in [0.15, 0.2) is 0 Å². The molecule has 0 unspecified atom stereocenters. The normalized spacial score (nSPS) is 10.9. The van der Waals surface area contributed by atoms with Crippen LogP contribution < -0.4 is 9.47 Å². The van der Waals surface area contributed by atoms with Gasteiger partial charge in [0.1, 0.15) is 11.5 Å².